The number of amides is 2. The predicted octanol–water partition coefficient (Wildman–Crippen LogP) is 1.13. The molecule has 0 aromatic carbocycles. The lowest BCUT2D eigenvalue weighted by Gasteiger charge is -2.23. The van der Waals surface area contributed by atoms with E-state index in [0.29, 0.717) is 12.3 Å². The van der Waals surface area contributed by atoms with Gasteiger partial charge in [0.25, 0.3) is 0 Å². The molecule has 1 heterocycles. The lowest BCUT2D eigenvalue weighted by atomic mass is 10.1. The first kappa shape index (κ1) is 16.5. The lowest BCUT2D eigenvalue weighted by Crippen LogP contribution is -2.47. The van der Waals surface area contributed by atoms with Crippen LogP contribution in [0.25, 0.3) is 0 Å². The summed E-state index contributed by atoms with van der Waals surface area (Å²) in [5.41, 5.74) is 0. The Kier molecular flexibility index (Phi) is 6.25. The van der Waals surface area contributed by atoms with E-state index in [1.165, 1.54) is 11.2 Å². The lowest BCUT2D eigenvalue weighted by molar-refractivity contribution is -0.140. The number of nitrogens with one attached hydrogen (secondary N) is 1. The maximum atomic E-state index is 12.0. The Bertz CT molecular complexity index is 485. The summed E-state index contributed by atoms with van der Waals surface area (Å²) in [5.74, 6) is -1.80. The van der Waals surface area contributed by atoms with Crippen LogP contribution in [0.3, 0.4) is 0 Å². The van der Waals surface area contributed by atoms with Crippen LogP contribution in [0.4, 0.5) is 4.79 Å². The van der Waals surface area contributed by atoms with Crippen molar-refractivity contribution in [2.24, 2.45) is 0 Å². The van der Waals surface area contributed by atoms with Crippen molar-refractivity contribution in [1.82, 2.24) is 10.2 Å². The summed E-state index contributed by atoms with van der Waals surface area (Å²) in [6.45, 7) is 2.31. The van der Waals surface area contributed by atoms with E-state index in [1.807, 2.05) is 0 Å². The van der Waals surface area contributed by atoms with Gasteiger partial charge in [-0.05, 0) is 25.5 Å². The van der Waals surface area contributed by atoms with Crippen LogP contribution in [0.1, 0.15) is 25.5 Å². The third kappa shape index (κ3) is 5.55. The minimum absolute atomic E-state index is 0.172. The summed E-state index contributed by atoms with van der Waals surface area (Å²) < 4.78 is 5.13. The molecule has 1 rings (SSSR count). The average Bonchev–Trinajstić information content (AvgIpc) is 2.92. The number of aliphatic carboxylic acids is 2. The molecule has 21 heavy (non-hydrogen) atoms. The fourth-order valence-electron chi connectivity index (χ4n) is 1.68. The van der Waals surface area contributed by atoms with E-state index in [1.54, 1.807) is 19.1 Å². The van der Waals surface area contributed by atoms with Crippen molar-refractivity contribution in [3.63, 3.8) is 0 Å². The molecular formula is C13H18N2O6. The first-order valence-corrected chi connectivity index (χ1v) is 6.46. The number of carboxylic acids is 2. The van der Waals surface area contributed by atoms with Crippen LogP contribution in [-0.2, 0) is 16.1 Å². The number of carboxylic acid groups (broad SMARTS) is 2. The van der Waals surface area contributed by atoms with Gasteiger partial charge in [0, 0.05) is 13.0 Å². The van der Waals surface area contributed by atoms with Crippen molar-refractivity contribution in [2.45, 2.75) is 32.4 Å². The predicted molar refractivity (Wildman–Crippen MR) is 71.6 cm³/mol. The molecule has 1 aromatic rings. The van der Waals surface area contributed by atoms with E-state index in [2.05, 4.69) is 5.32 Å². The maximum Gasteiger partial charge on any atom is 0.326 e. The second-order valence-corrected chi connectivity index (χ2v) is 4.37. The number of carbonyl (C=O) groups excluding carboxylic acids is 1. The SMILES string of the molecule is CCN(Cc1ccco1)C(=O)NC(CCC(=O)O)C(=O)O. The van der Waals surface area contributed by atoms with Gasteiger partial charge in [0.1, 0.15) is 11.8 Å². The smallest absolute Gasteiger partial charge is 0.326 e. The highest BCUT2D eigenvalue weighted by Crippen LogP contribution is 2.06. The molecule has 1 aromatic heterocycles. The number of hydrogen-bond donors (Lipinski definition) is 3. The minimum atomic E-state index is -1.27. The Morgan fingerprint density at radius 2 is 2.10 bits per heavy atom. The van der Waals surface area contributed by atoms with Gasteiger partial charge in [-0.3, -0.25) is 4.79 Å². The molecule has 0 aliphatic carbocycles. The molecule has 0 saturated carbocycles. The van der Waals surface area contributed by atoms with E-state index in [9.17, 15) is 14.4 Å². The van der Waals surface area contributed by atoms with Crippen molar-refractivity contribution in [2.75, 3.05) is 6.54 Å². The highest BCUT2D eigenvalue weighted by molar-refractivity contribution is 5.83. The Labute approximate surface area is 121 Å². The fraction of sp³-hybridized carbons (Fsp3) is 0.462. The summed E-state index contributed by atoms with van der Waals surface area (Å²) in [4.78, 5) is 34.9. The Balaban J connectivity index is 2.61. The molecule has 0 saturated heterocycles. The first-order chi connectivity index (χ1) is 9.93. The number of hydrogen-bond acceptors (Lipinski definition) is 4. The molecule has 0 fully saturated rings. The molecule has 0 radical (unpaired) electrons. The largest absolute Gasteiger partial charge is 0.481 e. The molecule has 8 nitrogen and oxygen atoms in total. The van der Waals surface area contributed by atoms with Crippen LogP contribution in [0.5, 0.6) is 0 Å². The average molecular weight is 298 g/mol. The second-order valence-electron chi connectivity index (χ2n) is 4.37. The molecule has 1 unspecified atom stereocenters. The number of urea groups is 1. The van der Waals surface area contributed by atoms with Crippen LogP contribution >= 0.6 is 0 Å². The van der Waals surface area contributed by atoms with Gasteiger partial charge in [-0.15, -0.1) is 0 Å². The van der Waals surface area contributed by atoms with Crippen LogP contribution in [0.15, 0.2) is 22.8 Å². The van der Waals surface area contributed by atoms with E-state index in [4.69, 9.17) is 14.6 Å². The van der Waals surface area contributed by atoms with Gasteiger partial charge in [-0.1, -0.05) is 0 Å². The van der Waals surface area contributed by atoms with E-state index < -0.39 is 24.0 Å². The summed E-state index contributed by atoms with van der Waals surface area (Å²) in [6.07, 6.45) is 0.976. The van der Waals surface area contributed by atoms with Gasteiger partial charge < -0.3 is 24.8 Å². The molecule has 0 spiro atoms. The summed E-state index contributed by atoms with van der Waals surface area (Å²) in [6, 6.07) is 1.58. The van der Waals surface area contributed by atoms with Crippen LogP contribution in [0, 0.1) is 0 Å². The maximum absolute atomic E-state index is 12.0. The van der Waals surface area contributed by atoms with E-state index in [-0.39, 0.29) is 19.4 Å². The molecular weight excluding hydrogens is 280 g/mol. The molecule has 0 aliphatic heterocycles. The number of rotatable bonds is 8. The summed E-state index contributed by atoms with van der Waals surface area (Å²) in [5, 5.41) is 19.9. The van der Waals surface area contributed by atoms with E-state index in [0.717, 1.165) is 0 Å². The zero-order valence-corrected chi connectivity index (χ0v) is 11.6. The quantitative estimate of drug-likeness (QED) is 0.661. The van der Waals surface area contributed by atoms with E-state index >= 15 is 0 Å². The summed E-state index contributed by atoms with van der Waals surface area (Å²) in [7, 11) is 0. The fourth-order valence-corrected chi connectivity index (χ4v) is 1.68. The van der Waals surface area contributed by atoms with Crippen molar-refractivity contribution >= 4 is 18.0 Å². The molecule has 2 amide bonds. The third-order valence-corrected chi connectivity index (χ3v) is 2.84. The zero-order chi connectivity index (χ0) is 15.8. The van der Waals surface area contributed by atoms with Crippen LogP contribution in [0.2, 0.25) is 0 Å². The van der Waals surface area contributed by atoms with Gasteiger partial charge in [0.15, 0.2) is 0 Å². The topological polar surface area (TPSA) is 120 Å². The Morgan fingerprint density at radius 1 is 1.38 bits per heavy atom. The molecule has 8 heteroatoms. The number of carbonyl (C=O) groups is 3. The third-order valence-electron chi connectivity index (χ3n) is 2.84. The Morgan fingerprint density at radius 3 is 2.57 bits per heavy atom. The standard InChI is InChI=1S/C13H18N2O6/c1-2-15(8-9-4-3-7-21-9)13(20)14-10(12(18)19)5-6-11(16)17/h3-4,7,10H,2,5-6,8H2,1H3,(H,14,20)(H,16,17)(H,18,19). The van der Waals surface area contributed by atoms with Crippen LogP contribution in [-0.4, -0.2) is 45.7 Å². The van der Waals surface area contributed by atoms with Crippen molar-refractivity contribution in [1.29, 1.82) is 0 Å². The molecule has 0 bridgehead atoms. The minimum Gasteiger partial charge on any atom is -0.481 e. The van der Waals surface area contributed by atoms with Gasteiger partial charge >= 0.3 is 18.0 Å². The van der Waals surface area contributed by atoms with Crippen molar-refractivity contribution in [3.05, 3.63) is 24.2 Å². The van der Waals surface area contributed by atoms with Crippen molar-refractivity contribution in [3.8, 4) is 0 Å². The first-order valence-electron chi connectivity index (χ1n) is 6.46. The molecule has 0 aliphatic rings. The van der Waals surface area contributed by atoms with Crippen molar-refractivity contribution < 1.29 is 29.0 Å². The monoisotopic (exact) mass is 298 g/mol. The zero-order valence-electron chi connectivity index (χ0n) is 11.6. The second kappa shape index (κ2) is 7.93. The molecule has 3 N–H and O–H groups in total. The highest BCUT2D eigenvalue weighted by atomic mass is 16.4. The normalized spacial score (nSPS) is 11.7. The van der Waals surface area contributed by atoms with Gasteiger partial charge in [-0.2, -0.15) is 0 Å². The summed E-state index contributed by atoms with van der Waals surface area (Å²) >= 11 is 0. The van der Waals surface area contributed by atoms with Gasteiger partial charge in [0.05, 0.1) is 12.8 Å². The Hall–Kier alpha value is -2.51. The molecule has 116 valence electrons. The number of furan rings is 1. The van der Waals surface area contributed by atoms with Gasteiger partial charge in [-0.25, -0.2) is 9.59 Å². The highest BCUT2D eigenvalue weighted by Gasteiger charge is 2.23. The van der Waals surface area contributed by atoms with Gasteiger partial charge in [0.2, 0.25) is 0 Å². The number of nitrogens with zero attached hydrogens (tertiary/aromatic N) is 1. The molecule has 1 atom stereocenters. The van der Waals surface area contributed by atoms with Crippen LogP contribution < -0.4 is 5.32 Å².